The summed E-state index contributed by atoms with van der Waals surface area (Å²) < 4.78 is 19.3. The highest BCUT2D eigenvalue weighted by Crippen LogP contribution is 2.28. The zero-order valence-electron chi connectivity index (χ0n) is 9.99. The number of rotatable bonds is 2. The summed E-state index contributed by atoms with van der Waals surface area (Å²) in [5.41, 5.74) is 0.271. The fourth-order valence-electron chi connectivity index (χ4n) is 1.95. The van der Waals surface area contributed by atoms with E-state index in [0.717, 1.165) is 0 Å². The second-order valence-corrected chi connectivity index (χ2v) is 5.01. The molecule has 0 radical (unpaired) electrons. The van der Waals surface area contributed by atoms with Gasteiger partial charge in [-0.25, -0.2) is 4.39 Å². The molecule has 20 heavy (non-hydrogen) atoms. The van der Waals surface area contributed by atoms with Gasteiger partial charge in [-0.3, -0.25) is 4.79 Å². The number of hydrogen-bond acceptors (Lipinski definition) is 2. The van der Waals surface area contributed by atoms with Crippen molar-refractivity contribution < 1.29 is 13.6 Å². The summed E-state index contributed by atoms with van der Waals surface area (Å²) in [6.07, 6.45) is 0. The highest BCUT2D eigenvalue weighted by molar-refractivity contribution is 6.35. The molecular weight excluding hydrogens is 302 g/mol. The van der Waals surface area contributed by atoms with Crippen molar-refractivity contribution in [1.82, 2.24) is 0 Å². The Balaban J connectivity index is 2.13. The van der Waals surface area contributed by atoms with E-state index in [1.165, 1.54) is 24.3 Å². The Hall–Kier alpha value is -1.84. The molecule has 0 saturated carbocycles. The van der Waals surface area contributed by atoms with Crippen LogP contribution in [-0.4, -0.2) is 5.78 Å². The van der Waals surface area contributed by atoms with Gasteiger partial charge >= 0.3 is 0 Å². The van der Waals surface area contributed by atoms with Crippen LogP contribution >= 0.6 is 23.2 Å². The lowest BCUT2D eigenvalue weighted by atomic mass is 10.1. The van der Waals surface area contributed by atoms with Gasteiger partial charge in [-0.15, -0.1) is 0 Å². The monoisotopic (exact) mass is 308 g/mol. The summed E-state index contributed by atoms with van der Waals surface area (Å²) in [6.45, 7) is 0. The molecule has 2 aromatic carbocycles. The zero-order valence-corrected chi connectivity index (χ0v) is 11.5. The molecule has 3 aromatic rings. The maximum Gasteiger partial charge on any atom is 0.231 e. The molecule has 3 rings (SSSR count). The number of fused-ring (bicyclic) bond motifs is 1. The normalized spacial score (nSPS) is 10.9. The Morgan fingerprint density at radius 1 is 1.05 bits per heavy atom. The van der Waals surface area contributed by atoms with Crippen LogP contribution < -0.4 is 0 Å². The van der Waals surface area contributed by atoms with Gasteiger partial charge < -0.3 is 4.42 Å². The van der Waals surface area contributed by atoms with Gasteiger partial charge in [0.15, 0.2) is 17.2 Å². The summed E-state index contributed by atoms with van der Waals surface area (Å²) >= 11 is 11.6. The van der Waals surface area contributed by atoms with E-state index in [9.17, 15) is 9.18 Å². The van der Waals surface area contributed by atoms with Gasteiger partial charge in [0.2, 0.25) is 5.78 Å². The molecule has 0 N–H and O–H groups in total. The molecule has 100 valence electrons. The van der Waals surface area contributed by atoms with E-state index in [4.69, 9.17) is 27.6 Å². The van der Waals surface area contributed by atoms with Crippen LogP contribution in [0.25, 0.3) is 11.0 Å². The van der Waals surface area contributed by atoms with Crippen LogP contribution in [0.15, 0.2) is 46.9 Å². The van der Waals surface area contributed by atoms with Crippen LogP contribution in [0.2, 0.25) is 10.0 Å². The molecule has 0 aliphatic carbocycles. The highest BCUT2D eigenvalue weighted by Gasteiger charge is 2.20. The van der Waals surface area contributed by atoms with Gasteiger partial charge in [-0.1, -0.05) is 41.4 Å². The van der Waals surface area contributed by atoms with Crippen molar-refractivity contribution in [3.05, 3.63) is 69.7 Å². The van der Waals surface area contributed by atoms with Gasteiger partial charge in [-0.05, 0) is 24.3 Å². The van der Waals surface area contributed by atoms with Crippen molar-refractivity contribution in [2.75, 3.05) is 0 Å². The van der Waals surface area contributed by atoms with Crippen LogP contribution in [0.1, 0.15) is 16.1 Å². The molecule has 1 aromatic heterocycles. The van der Waals surface area contributed by atoms with Gasteiger partial charge in [0.1, 0.15) is 0 Å². The van der Waals surface area contributed by atoms with E-state index in [-0.39, 0.29) is 16.3 Å². The fraction of sp³-hybridized carbons (Fsp3) is 0. The predicted octanol–water partition coefficient (Wildman–Crippen LogP) is 5.11. The third-order valence-electron chi connectivity index (χ3n) is 2.92. The maximum absolute atomic E-state index is 13.9. The number of ketones is 1. The van der Waals surface area contributed by atoms with E-state index in [1.54, 1.807) is 18.2 Å². The van der Waals surface area contributed by atoms with E-state index in [0.29, 0.717) is 16.0 Å². The number of para-hydroxylation sites is 1. The summed E-state index contributed by atoms with van der Waals surface area (Å²) in [6, 6.07) is 10.9. The molecular formula is C15H7Cl2FO2. The van der Waals surface area contributed by atoms with Gasteiger partial charge in [0.05, 0.1) is 15.6 Å². The molecule has 2 nitrogen and oxygen atoms in total. The lowest BCUT2D eigenvalue weighted by molar-refractivity contribution is 0.101. The first-order valence-electron chi connectivity index (χ1n) is 5.74. The molecule has 0 fully saturated rings. The number of benzene rings is 2. The average molecular weight is 309 g/mol. The summed E-state index contributed by atoms with van der Waals surface area (Å²) in [4.78, 5) is 12.3. The molecule has 0 atom stereocenters. The lowest BCUT2D eigenvalue weighted by Crippen LogP contribution is -2.03. The molecule has 0 aliphatic heterocycles. The van der Waals surface area contributed by atoms with Crippen molar-refractivity contribution >= 4 is 40.0 Å². The largest absolute Gasteiger partial charge is 0.451 e. The van der Waals surface area contributed by atoms with Gasteiger partial charge in [0, 0.05) is 5.39 Å². The molecule has 5 heteroatoms. The Morgan fingerprint density at radius 2 is 1.75 bits per heavy atom. The maximum atomic E-state index is 13.9. The van der Waals surface area contributed by atoms with Crippen LogP contribution in [0.3, 0.4) is 0 Å². The first-order valence-corrected chi connectivity index (χ1v) is 6.50. The standard InChI is InChI=1S/C15H7Cl2FO2/c16-10-5-2-4-9(13(10)18)14(19)12-7-8-3-1-6-11(17)15(8)20-12/h1-7H. The first-order chi connectivity index (χ1) is 9.58. The predicted molar refractivity (Wildman–Crippen MR) is 76.1 cm³/mol. The number of furan rings is 1. The molecule has 1 heterocycles. The Kier molecular flexibility index (Phi) is 3.24. The number of hydrogen-bond donors (Lipinski definition) is 0. The number of carbonyl (C=O) groups excluding carboxylic acids is 1. The van der Waals surface area contributed by atoms with E-state index >= 15 is 0 Å². The van der Waals surface area contributed by atoms with Crippen molar-refractivity contribution in [1.29, 1.82) is 0 Å². The lowest BCUT2D eigenvalue weighted by Gasteiger charge is -2.01. The molecule has 0 amide bonds. The third-order valence-corrected chi connectivity index (χ3v) is 3.51. The minimum absolute atomic E-state index is 0.0225. The summed E-state index contributed by atoms with van der Waals surface area (Å²) in [7, 11) is 0. The van der Waals surface area contributed by atoms with Crippen LogP contribution in [0.4, 0.5) is 4.39 Å². The SMILES string of the molecule is O=C(c1cc2cccc(Cl)c2o1)c1cccc(Cl)c1F. The van der Waals surface area contributed by atoms with Crippen molar-refractivity contribution in [2.45, 2.75) is 0 Å². The van der Waals surface area contributed by atoms with Crippen LogP contribution in [0.5, 0.6) is 0 Å². The highest BCUT2D eigenvalue weighted by atomic mass is 35.5. The smallest absolute Gasteiger partial charge is 0.231 e. The minimum atomic E-state index is -0.759. The topological polar surface area (TPSA) is 30.2 Å². The zero-order chi connectivity index (χ0) is 14.3. The minimum Gasteiger partial charge on any atom is -0.451 e. The second kappa shape index (κ2) is 4.93. The van der Waals surface area contributed by atoms with Crippen molar-refractivity contribution in [2.24, 2.45) is 0 Å². The van der Waals surface area contributed by atoms with Crippen molar-refractivity contribution in [3.8, 4) is 0 Å². The molecule has 0 saturated heterocycles. The Bertz CT molecular complexity index is 824. The first kappa shape index (κ1) is 13.2. The fourth-order valence-corrected chi connectivity index (χ4v) is 2.35. The molecule has 0 aliphatic rings. The van der Waals surface area contributed by atoms with Gasteiger partial charge in [0.25, 0.3) is 0 Å². The van der Waals surface area contributed by atoms with Gasteiger partial charge in [-0.2, -0.15) is 0 Å². The van der Waals surface area contributed by atoms with Crippen LogP contribution in [-0.2, 0) is 0 Å². The molecule has 0 spiro atoms. The van der Waals surface area contributed by atoms with E-state index in [1.807, 2.05) is 0 Å². The number of halogens is 3. The quantitative estimate of drug-likeness (QED) is 0.616. The summed E-state index contributed by atoms with van der Waals surface area (Å²) in [5, 5.41) is 0.974. The molecule has 0 unspecified atom stereocenters. The van der Waals surface area contributed by atoms with Crippen molar-refractivity contribution in [3.63, 3.8) is 0 Å². The third kappa shape index (κ3) is 2.09. The number of carbonyl (C=O) groups is 1. The Morgan fingerprint density at radius 3 is 2.50 bits per heavy atom. The summed E-state index contributed by atoms with van der Waals surface area (Å²) in [5.74, 6) is -1.31. The second-order valence-electron chi connectivity index (χ2n) is 4.20. The van der Waals surface area contributed by atoms with E-state index in [2.05, 4.69) is 0 Å². The molecule has 0 bridgehead atoms. The average Bonchev–Trinajstić information content (AvgIpc) is 2.87. The Labute approximate surface area is 123 Å². The van der Waals surface area contributed by atoms with Crippen LogP contribution in [0, 0.1) is 5.82 Å². The van der Waals surface area contributed by atoms with E-state index < -0.39 is 11.6 Å².